The van der Waals surface area contributed by atoms with Gasteiger partial charge in [-0.3, -0.25) is 14.4 Å². The normalized spacial score (nSPS) is 12.0. The lowest BCUT2D eigenvalue weighted by Gasteiger charge is -2.18. The fourth-order valence-electron chi connectivity index (χ4n) is 9.23. The summed E-state index contributed by atoms with van der Waals surface area (Å²) in [6.45, 7) is 11.4. The summed E-state index contributed by atoms with van der Waals surface area (Å²) in [6.07, 6.45) is 56.6. The first-order chi connectivity index (χ1) is 32.2. The highest BCUT2D eigenvalue weighted by Gasteiger charge is 2.19. The Balaban J connectivity index is 4.28. The largest absolute Gasteiger partial charge is 0.462 e. The molecular formula is C60H116O6. The van der Waals surface area contributed by atoms with Crippen LogP contribution in [0.3, 0.4) is 0 Å². The third-order valence-electron chi connectivity index (χ3n) is 13.7. The number of esters is 3. The van der Waals surface area contributed by atoms with Crippen molar-refractivity contribution in [2.75, 3.05) is 13.2 Å². The Bertz CT molecular complexity index is 1010. The first-order valence-corrected chi connectivity index (χ1v) is 29.7. The molecule has 0 saturated carbocycles. The van der Waals surface area contributed by atoms with Crippen molar-refractivity contribution in [2.24, 2.45) is 11.8 Å². The van der Waals surface area contributed by atoms with E-state index in [0.717, 1.165) is 69.6 Å². The molecule has 0 saturated heterocycles. The predicted octanol–water partition coefficient (Wildman–Crippen LogP) is 19.7. The minimum absolute atomic E-state index is 0.0623. The molecule has 6 nitrogen and oxygen atoms in total. The van der Waals surface area contributed by atoms with Crippen LogP contribution in [0.1, 0.15) is 336 Å². The summed E-state index contributed by atoms with van der Waals surface area (Å²) >= 11 is 0. The second kappa shape index (κ2) is 52.8. The van der Waals surface area contributed by atoms with Crippen molar-refractivity contribution >= 4 is 17.9 Å². The van der Waals surface area contributed by atoms with Crippen LogP contribution in [0.4, 0.5) is 0 Å². The van der Waals surface area contributed by atoms with Gasteiger partial charge in [-0.15, -0.1) is 0 Å². The molecule has 0 aromatic rings. The molecule has 0 heterocycles. The van der Waals surface area contributed by atoms with E-state index in [1.807, 2.05) is 0 Å². The van der Waals surface area contributed by atoms with Crippen LogP contribution in [0.2, 0.25) is 0 Å². The number of ether oxygens (including phenoxy) is 3. The van der Waals surface area contributed by atoms with Gasteiger partial charge < -0.3 is 14.2 Å². The smallest absolute Gasteiger partial charge is 0.306 e. The van der Waals surface area contributed by atoms with Gasteiger partial charge in [-0.05, 0) is 31.1 Å². The zero-order valence-corrected chi connectivity index (χ0v) is 45.3. The highest BCUT2D eigenvalue weighted by atomic mass is 16.6. The summed E-state index contributed by atoms with van der Waals surface area (Å²) in [6, 6.07) is 0. The van der Waals surface area contributed by atoms with Crippen LogP contribution in [0.25, 0.3) is 0 Å². The van der Waals surface area contributed by atoms with Crippen molar-refractivity contribution in [3.63, 3.8) is 0 Å². The number of hydrogen-bond donors (Lipinski definition) is 0. The van der Waals surface area contributed by atoms with Crippen molar-refractivity contribution in [1.29, 1.82) is 0 Å². The van der Waals surface area contributed by atoms with Gasteiger partial charge in [0.2, 0.25) is 0 Å². The zero-order valence-electron chi connectivity index (χ0n) is 45.3. The molecule has 0 fully saturated rings. The Morgan fingerprint density at radius 3 is 0.742 bits per heavy atom. The van der Waals surface area contributed by atoms with Crippen LogP contribution in [0.5, 0.6) is 0 Å². The molecule has 6 heteroatoms. The van der Waals surface area contributed by atoms with Gasteiger partial charge in [0.15, 0.2) is 6.10 Å². The molecular weight excluding hydrogens is 817 g/mol. The fourth-order valence-corrected chi connectivity index (χ4v) is 9.23. The summed E-state index contributed by atoms with van der Waals surface area (Å²) in [5, 5.41) is 0. The SMILES string of the molecule is CCCCCCCCCCCCCCCCC(=O)O[C@@H](COC(=O)CCCCCCCCCCCCCCCCCC(C)C)COC(=O)CCCCCCCCCCCCCCCC(C)C. The monoisotopic (exact) mass is 933 g/mol. The Kier molecular flexibility index (Phi) is 51.5. The van der Waals surface area contributed by atoms with Crippen LogP contribution in [-0.2, 0) is 28.6 Å². The minimum atomic E-state index is -0.763. The fraction of sp³-hybridized carbons (Fsp3) is 0.950. The van der Waals surface area contributed by atoms with E-state index < -0.39 is 6.10 Å². The van der Waals surface area contributed by atoms with Gasteiger partial charge in [-0.1, -0.05) is 298 Å². The van der Waals surface area contributed by atoms with Gasteiger partial charge >= 0.3 is 17.9 Å². The predicted molar refractivity (Wildman–Crippen MR) is 284 cm³/mol. The summed E-state index contributed by atoms with van der Waals surface area (Å²) in [4.78, 5) is 38.2. The Labute approximate surface area is 412 Å². The molecule has 0 spiro atoms. The minimum Gasteiger partial charge on any atom is -0.462 e. The van der Waals surface area contributed by atoms with Gasteiger partial charge in [0, 0.05) is 19.3 Å². The van der Waals surface area contributed by atoms with Gasteiger partial charge in [-0.25, -0.2) is 0 Å². The maximum absolute atomic E-state index is 12.8. The second-order valence-electron chi connectivity index (χ2n) is 21.6. The second-order valence-corrected chi connectivity index (χ2v) is 21.6. The third-order valence-corrected chi connectivity index (χ3v) is 13.7. The Morgan fingerprint density at radius 2 is 0.500 bits per heavy atom. The molecule has 0 rings (SSSR count). The van der Waals surface area contributed by atoms with Crippen molar-refractivity contribution in [3.8, 4) is 0 Å². The van der Waals surface area contributed by atoms with E-state index in [0.29, 0.717) is 19.3 Å². The van der Waals surface area contributed by atoms with E-state index in [1.165, 1.54) is 225 Å². The number of hydrogen-bond acceptors (Lipinski definition) is 6. The highest BCUT2D eigenvalue weighted by Crippen LogP contribution is 2.18. The van der Waals surface area contributed by atoms with E-state index in [4.69, 9.17) is 14.2 Å². The lowest BCUT2D eigenvalue weighted by Crippen LogP contribution is -2.30. The molecule has 0 bridgehead atoms. The van der Waals surface area contributed by atoms with E-state index >= 15 is 0 Å². The first-order valence-electron chi connectivity index (χ1n) is 29.7. The highest BCUT2D eigenvalue weighted by molar-refractivity contribution is 5.71. The van der Waals surface area contributed by atoms with E-state index in [2.05, 4.69) is 34.6 Å². The number of rotatable bonds is 54. The van der Waals surface area contributed by atoms with Gasteiger partial charge in [-0.2, -0.15) is 0 Å². The van der Waals surface area contributed by atoms with Crippen molar-refractivity contribution in [3.05, 3.63) is 0 Å². The van der Waals surface area contributed by atoms with Crippen LogP contribution < -0.4 is 0 Å². The van der Waals surface area contributed by atoms with Crippen molar-refractivity contribution in [1.82, 2.24) is 0 Å². The number of carbonyl (C=O) groups is 3. The van der Waals surface area contributed by atoms with Gasteiger partial charge in [0.1, 0.15) is 13.2 Å². The maximum Gasteiger partial charge on any atom is 0.306 e. The quantitative estimate of drug-likeness (QED) is 0.0343. The first kappa shape index (κ1) is 64.4. The molecule has 1 atom stereocenters. The third kappa shape index (κ3) is 53.4. The van der Waals surface area contributed by atoms with Crippen LogP contribution in [0.15, 0.2) is 0 Å². The summed E-state index contributed by atoms with van der Waals surface area (Å²) in [7, 11) is 0. The summed E-state index contributed by atoms with van der Waals surface area (Å²) in [5.74, 6) is 0.853. The van der Waals surface area contributed by atoms with Crippen molar-refractivity contribution in [2.45, 2.75) is 343 Å². The molecule has 0 aromatic heterocycles. The van der Waals surface area contributed by atoms with E-state index in [1.54, 1.807) is 0 Å². The topological polar surface area (TPSA) is 78.9 Å². The summed E-state index contributed by atoms with van der Waals surface area (Å²) < 4.78 is 16.9. The van der Waals surface area contributed by atoms with Crippen LogP contribution in [0, 0.1) is 11.8 Å². The maximum atomic E-state index is 12.8. The van der Waals surface area contributed by atoms with Crippen LogP contribution in [-0.4, -0.2) is 37.2 Å². The molecule has 0 aromatic carbocycles. The molecule has 0 amide bonds. The molecule has 66 heavy (non-hydrogen) atoms. The van der Waals surface area contributed by atoms with Gasteiger partial charge in [0.05, 0.1) is 0 Å². The average Bonchev–Trinajstić information content (AvgIpc) is 3.29. The lowest BCUT2D eigenvalue weighted by molar-refractivity contribution is -0.167. The molecule has 0 unspecified atom stereocenters. The Morgan fingerprint density at radius 1 is 0.288 bits per heavy atom. The Hall–Kier alpha value is -1.59. The molecule has 0 aliphatic rings. The molecule has 0 radical (unpaired) electrons. The molecule has 0 aliphatic heterocycles. The lowest BCUT2D eigenvalue weighted by atomic mass is 10.0. The number of unbranched alkanes of at least 4 members (excludes halogenated alkanes) is 39. The number of carbonyl (C=O) groups excluding carboxylic acids is 3. The van der Waals surface area contributed by atoms with Crippen molar-refractivity contribution < 1.29 is 28.6 Å². The standard InChI is InChI=1S/C60H116O6/c1-6-7-8-9-10-11-12-13-20-27-32-37-42-47-52-60(63)66-57(54-65-59(62)51-46-41-36-31-26-22-17-19-24-29-34-39-44-49-56(4)5)53-64-58(61)50-45-40-35-30-25-21-16-14-15-18-23-28-33-38-43-48-55(2)3/h55-57H,6-54H2,1-5H3/t57-/m0/s1. The molecule has 392 valence electrons. The average molecular weight is 934 g/mol. The van der Waals surface area contributed by atoms with Gasteiger partial charge in [0.25, 0.3) is 0 Å². The summed E-state index contributed by atoms with van der Waals surface area (Å²) in [5.41, 5.74) is 0. The van der Waals surface area contributed by atoms with E-state index in [-0.39, 0.29) is 31.1 Å². The zero-order chi connectivity index (χ0) is 48.2. The molecule has 0 aliphatic carbocycles. The van der Waals surface area contributed by atoms with E-state index in [9.17, 15) is 14.4 Å². The molecule has 0 N–H and O–H groups in total. The van der Waals surface area contributed by atoms with Crippen LogP contribution >= 0.6 is 0 Å².